The molecular formula is C27H30N2O7. The summed E-state index contributed by atoms with van der Waals surface area (Å²) in [4.78, 5) is 47.5. The van der Waals surface area contributed by atoms with E-state index in [1.54, 1.807) is 18.2 Å². The molecule has 9 heteroatoms. The molecule has 1 heterocycles. The minimum absolute atomic E-state index is 0.0646. The summed E-state index contributed by atoms with van der Waals surface area (Å²) in [6.45, 7) is 8.57. The molecular weight excluding hydrogens is 464 g/mol. The number of esters is 2. The number of carbonyl (C=O) groups excluding carboxylic acids is 3. The summed E-state index contributed by atoms with van der Waals surface area (Å²) in [5.41, 5.74) is -0.144. The van der Waals surface area contributed by atoms with Crippen molar-refractivity contribution < 1.29 is 28.8 Å². The van der Waals surface area contributed by atoms with Crippen molar-refractivity contribution in [2.24, 2.45) is 17.3 Å². The zero-order valence-electron chi connectivity index (χ0n) is 20.4. The van der Waals surface area contributed by atoms with E-state index in [9.17, 15) is 24.5 Å². The standard InChI is InChI=1S/C27H30N2O7/c1-17-8-11-22-26(2,20(17)10-9-18-13-15-35-24(18)31)14-12-23(27(22,3)28-16-30)36-25(32)19-6-4-5-7-21(19)29(33)34/h4-7,9-10,13,16,20,22-23H,1,8,11-12,14-15H2,2-3H3,(H,28,30)/t20-,22+,23-,26+,27+/m1/s1. The normalized spacial score (nSPS) is 31.8. The average molecular weight is 495 g/mol. The molecule has 190 valence electrons. The van der Waals surface area contributed by atoms with Gasteiger partial charge in [0.15, 0.2) is 0 Å². The lowest BCUT2D eigenvalue weighted by atomic mass is 9.48. The summed E-state index contributed by atoms with van der Waals surface area (Å²) in [5.74, 6) is -1.30. The zero-order valence-corrected chi connectivity index (χ0v) is 20.4. The van der Waals surface area contributed by atoms with Gasteiger partial charge in [0.05, 0.1) is 16.0 Å². The number of amides is 1. The fourth-order valence-corrected chi connectivity index (χ4v) is 6.34. The maximum Gasteiger partial charge on any atom is 0.345 e. The first-order chi connectivity index (χ1) is 17.1. The van der Waals surface area contributed by atoms with Gasteiger partial charge < -0.3 is 14.8 Å². The van der Waals surface area contributed by atoms with Crippen LogP contribution in [0.25, 0.3) is 0 Å². The number of rotatable bonds is 7. The van der Waals surface area contributed by atoms with Crippen molar-refractivity contribution in [2.45, 2.75) is 51.2 Å². The highest BCUT2D eigenvalue weighted by Crippen LogP contribution is 2.59. The number of fused-ring (bicyclic) bond motifs is 1. The van der Waals surface area contributed by atoms with E-state index in [1.807, 2.05) is 13.0 Å². The van der Waals surface area contributed by atoms with Gasteiger partial charge in [-0.05, 0) is 56.1 Å². The predicted molar refractivity (Wildman–Crippen MR) is 131 cm³/mol. The second-order valence-corrected chi connectivity index (χ2v) is 10.1. The SMILES string of the molecule is C=C1CC[C@H]2[C@@](C)(CC[C@@H](OC(=O)c3ccccc3[N+](=O)[O-])[C@@]2(C)NC=O)[C@@H]1C=CC1=CCOC1=O. The lowest BCUT2D eigenvalue weighted by Crippen LogP contribution is -2.66. The lowest BCUT2D eigenvalue weighted by molar-refractivity contribution is -0.385. The van der Waals surface area contributed by atoms with Crippen molar-refractivity contribution in [3.63, 3.8) is 0 Å². The highest BCUT2D eigenvalue weighted by molar-refractivity contribution is 5.94. The Morgan fingerprint density at radius 3 is 2.72 bits per heavy atom. The number of ether oxygens (including phenoxy) is 2. The highest BCUT2D eigenvalue weighted by Gasteiger charge is 2.59. The molecule has 0 aromatic heterocycles. The molecule has 2 aliphatic carbocycles. The Labute approximate surface area is 209 Å². The summed E-state index contributed by atoms with van der Waals surface area (Å²) >= 11 is 0. The van der Waals surface area contributed by atoms with Gasteiger partial charge in [0.25, 0.3) is 5.69 Å². The Morgan fingerprint density at radius 1 is 1.31 bits per heavy atom. The first kappa shape index (κ1) is 25.3. The molecule has 1 aromatic rings. The van der Waals surface area contributed by atoms with Crippen LogP contribution in [0.5, 0.6) is 0 Å². The Morgan fingerprint density at radius 2 is 2.06 bits per heavy atom. The molecule has 1 amide bonds. The molecule has 2 saturated carbocycles. The summed E-state index contributed by atoms with van der Waals surface area (Å²) in [7, 11) is 0. The molecule has 0 radical (unpaired) electrons. The number of nitrogens with one attached hydrogen (secondary N) is 1. The van der Waals surface area contributed by atoms with Gasteiger partial charge in [0.1, 0.15) is 18.3 Å². The van der Waals surface area contributed by atoms with Crippen LogP contribution in [0, 0.1) is 27.4 Å². The highest BCUT2D eigenvalue weighted by atomic mass is 16.6. The maximum absolute atomic E-state index is 13.0. The quantitative estimate of drug-likeness (QED) is 0.199. The van der Waals surface area contributed by atoms with Crippen LogP contribution < -0.4 is 5.32 Å². The van der Waals surface area contributed by atoms with Gasteiger partial charge in [0, 0.05) is 12.0 Å². The first-order valence-corrected chi connectivity index (χ1v) is 12.0. The van der Waals surface area contributed by atoms with E-state index in [2.05, 4.69) is 18.8 Å². The van der Waals surface area contributed by atoms with Gasteiger partial charge in [-0.15, -0.1) is 0 Å². The van der Waals surface area contributed by atoms with Gasteiger partial charge in [-0.25, -0.2) is 9.59 Å². The third-order valence-corrected chi connectivity index (χ3v) is 8.20. The predicted octanol–water partition coefficient (Wildman–Crippen LogP) is 4.05. The number of nitrogens with zero attached hydrogens (tertiary/aromatic N) is 1. The van der Waals surface area contributed by atoms with Crippen LogP contribution in [0.2, 0.25) is 0 Å². The van der Waals surface area contributed by atoms with Crippen LogP contribution in [0.15, 0.2) is 60.2 Å². The van der Waals surface area contributed by atoms with Crippen LogP contribution >= 0.6 is 0 Å². The van der Waals surface area contributed by atoms with Gasteiger partial charge in [0.2, 0.25) is 6.41 Å². The molecule has 0 saturated heterocycles. The number of nitro benzene ring substituents is 1. The molecule has 3 aliphatic rings. The molecule has 0 bridgehead atoms. The molecule has 1 N–H and O–H groups in total. The van der Waals surface area contributed by atoms with Crippen LogP contribution in [0.3, 0.4) is 0 Å². The molecule has 9 nitrogen and oxygen atoms in total. The molecule has 2 fully saturated rings. The third-order valence-electron chi connectivity index (χ3n) is 8.20. The van der Waals surface area contributed by atoms with E-state index < -0.39 is 22.5 Å². The van der Waals surface area contributed by atoms with Crippen LogP contribution in [0.4, 0.5) is 5.69 Å². The number of hydrogen-bond donors (Lipinski definition) is 1. The monoisotopic (exact) mass is 494 g/mol. The van der Waals surface area contributed by atoms with Crippen molar-refractivity contribution >= 4 is 24.0 Å². The largest absolute Gasteiger partial charge is 0.458 e. The van der Waals surface area contributed by atoms with E-state index in [0.717, 1.165) is 12.0 Å². The number of benzene rings is 1. The van der Waals surface area contributed by atoms with E-state index in [0.29, 0.717) is 31.2 Å². The fourth-order valence-electron chi connectivity index (χ4n) is 6.34. The summed E-state index contributed by atoms with van der Waals surface area (Å²) in [5, 5.41) is 14.4. The van der Waals surface area contributed by atoms with E-state index in [4.69, 9.17) is 9.47 Å². The van der Waals surface area contributed by atoms with Crippen LogP contribution in [-0.4, -0.2) is 41.5 Å². The van der Waals surface area contributed by atoms with Gasteiger partial charge in [-0.3, -0.25) is 14.9 Å². The number of carbonyl (C=O) groups is 3. The number of cyclic esters (lactones) is 1. The van der Waals surface area contributed by atoms with Crippen molar-refractivity contribution in [3.05, 3.63) is 75.9 Å². The second-order valence-electron chi connectivity index (χ2n) is 10.1. The molecule has 4 rings (SSSR count). The van der Waals surface area contributed by atoms with Gasteiger partial charge in [-0.1, -0.05) is 43.4 Å². The van der Waals surface area contributed by atoms with E-state index in [1.165, 1.54) is 18.2 Å². The Bertz CT molecular complexity index is 1170. The van der Waals surface area contributed by atoms with Crippen molar-refractivity contribution in [1.29, 1.82) is 0 Å². The lowest BCUT2D eigenvalue weighted by Gasteiger charge is -2.59. The Kier molecular flexibility index (Phi) is 6.84. The summed E-state index contributed by atoms with van der Waals surface area (Å²) in [6.07, 6.45) is 7.99. The average Bonchev–Trinajstić information content (AvgIpc) is 3.25. The number of allylic oxidation sites excluding steroid dienone is 2. The fraction of sp³-hybridized carbons (Fsp3) is 0.444. The summed E-state index contributed by atoms with van der Waals surface area (Å²) in [6, 6.07) is 5.66. The van der Waals surface area contributed by atoms with Crippen molar-refractivity contribution in [3.8, 4) is 0 Å². The zero-order chi connectivity index (χ0) is 26.1. The Balaban J connectivity index is 1.63. The third kappa shape index (κ3) is 4.34. The van der Waals surface area contributed by atoms with Crippen molar-refractivity contribution in [2.75, 3.05) is 6.61 Å². The first-order valence-electron chi connectivity index (χ1n) is 12.0. The molecule has 0 unspecified atom stereocenters. The number of hydrogen-bond acceptors (Lipinski definition) is 7. The molecule has 0 spiro atoms. The number of para-hydroxylation sites is 1. The summed E-state index contributed by atoms with van der Waals surface area (Å²) < 4.78 is 10.9. The van der Waals surface area contributed by atoms with E-state index >= 15 is 0 Å². The van der Waals surface area contributed by atoms with Gasteiger partial charge in [-0.2, -0.15) is 0 Å². The van der Waals surface area contributed by atoms with E-state index in [-0.39, 0.29) is 41.1 Å². The van der Waals surface area contributed by atoms with Gasteiger partial charge >= 0.3 is 11.9 Å². The molecule has 1 aliphatic heterocycles. The van der Waals surface area contributed by atoms with Crippen LogP contribution in [0.1, 0.15) is 49.9 Å². The van der Waals surface area contributed by atoms with Crippen molar-refractivity contribution in [1.82, 2.24) is 5.32 Å². The maximum atomic E-state index is 13.0. The second kappa shape index (κ2) is 9.72. The molecule has 5 atom stereocenters. The Hall–Kier alpha value is -3.75. The molecule has 36 heavy (non-hydrogen) atoms. The smallest absolute Gasteiger partial charge is 0.345 e. The topological polar surface area (TPSA) is 125 Å². The van der Waals surface area contributed by atoms with Crippen LogP contribution in [-0.2, 0) is 19.1 Å². The minimum Gasteiger partial charge on any atom is -0.458 e. The molecule has 1 aromatic carbocycles. The number of nitro groups is 1. The minimum atomic E-state index is -0.910.